The molecule has 0 radical (unpaired) electrons. The number of unbranched alkanes of at least 4 members (excludes halogenated alkanes) is 14. The van der Waals surface area contributed by atoms with Gasteiger partial charge in [0.1, 0.15) is 12.4 Å². The summed E-state index contributed by atoms with van der Waals surface area (Å²) in [7, 11) is 4.11. The Hall–Kier alpha value is -1.69. The van der Waals surface area contributed by atoms with Crippen LogP contribution in [-0.4, -0.2) is 56.5 Å². The molecule has 0 saturated carbocycles. The third-order valence-electron chi connectivity index (χ3n) is 10.2. The van der Waals surface area contributed by atoms with Gasteiger partial charge in [-0.15, -0.1) is 0 Å². The number of hydrogen-bond acceptors (Lipinski definition) is 6. The molecule has 0 aromatic carbocycles. The Morgan fingerprint density at radius 2 is 1.10 bits per heavy atom. The van der Waals surface area contributed by atoms with Gasteiger partial charge in [-0.05, 0) is 92.8 Å². The van der Waals surface area contributed by atoms with Crippen LogP contribution in [-0.2, 0) is 23.9 Å². The summed E-state index contributed by atoms with van der Waals surface area (Å²) in [6, 6.07) is 0. The maximum absolute atomic E-state index is 12.9. The van der Waals surface area contributed by atoms with E-state index in [9.17, 15) is 14.4 Å². The van der Waals surface area contributed by atoms with Gasteiger partial charge >= 0.3 is 11.9 Å². The van der Waals surface area contributed by atoms with Crippen molar-refractivity contribution < 1.29 is 23.9 Å². The molecule has 1 unspecified atom stereocenters. The number of esters is 2. The molecule has 50 heavy (non-hydrogen) atoms. The first-order valence-corrected chi connectivity index (χ1v) is 21.0. The van der Waals surface area contributed by atoms with Crippen molar-refractivity contribution in [1.82, 2.24) is 4.90 Å². The quantitative estimate of drug-likeness (QED) is 0.0371. The predicted molar refractivity (Wildman–Crippen MR) is 212 cm³/mol. The van der Waals surface area contributed by atoms with Crippen molar-refractivity contribution in [3.05, 3.63) is 12.2 Å². The molecule has 0 bridgehead atoms. The van der Waals surface area contributed by atoms with E-state index in [2.05, 4.69) is 38.9 Å². The molecule has 0 fully saturated rings. The Kier molecular flexibility index (Phi) is 29.8. The second-order valence-electron chi connectivity index (χ2n) is 16.7. The van der Waals surface area contributed by atoms with E-state index < -0.39 is 10.8 Å². The van der Waals surface area contributed by atoms with Crippen LogP contribution in [0.25, 0.3) is 0 Å². The number of carbonyl (C=O) groups excluding carboxylic acids is 3. The van der Waals surface area contributed by atoms with Crippen LogP contribution >= 0.6 is 0 Å². The van der Waals surface area contributed by atoms with Crippen LogP contribution in [0.4, 0.5) is 0 Å². The first-order valence-electron chi connectivity index (χ1n) is 21.0. The fourth-order valence-corrected chi connectivity index (χ4v) is 6.54. The van der Waals surface area contributed by atoms with E-state index >= 15 is 0 Å². The molecular formula is C44H83NO5. The Balaban J connectivity index is 4.56. The van der Waals surface area contributed by atoms with Gasteiger partial charge < -0.3 is 14.4 Å². The van der Waals surface area contributed by atoms with Gasteiger partial charge in [0.05, 0.1) is 17.4 Å². The van der Waals surface area contributed by atoms with Crippen molar-refractivity contribution >= 4 is 17.7 Å². The number of allylic oxidation sites excluding steroid dienone is 1. The van der Waals surface area contributed by atoms with E-state index in [0.29, 0.717) is 37.8 Å². The molecule has 294 valence electrons. The summed E-state index contributed by atoms with van der Waals surface area (Å²) in [5.41, 5.74) is -0.932. The van der Waals surface area contributed by atoms with E-state index in [1.807, 2.05) is 33.8 Å². The number of rotatable bonds is 35. The highest BCUT2D eigenvalue weighted by atomic mass is 16.5. The van der Waals surface area contributed by atoms with E-state index in [0.717, 1.165) is 96.4 Å². The summed E-state index contributed by atoms with van der Waals surface area (Å²) in [6.07, 6.45) is 31.0. The number of Topliss-reactive ketones (excluding diaryl/α,β-unsaturated/α-hetero) is 1. The minimum Gasteiger partial charge on any atom is -0.465 e. The van der Waals surface area contributed by atoms with Crippen LogP contribution in [0, 0.1) is 16.7 Å². The summed E-state index contributed by atoms with van der Waals surface area (Å²) in [4.78, 5) is 40.5. The highest BCUT2D eigenvalue weighted by Gasteiger charge is 2.29. The number of nitrogens with zero attached hydrogens (tertiary/aromatic N) is 1. The summed E-state index contributed by atoms with van der Waals surface area (Å²) in [5.74, 6) is 0.624. The lowest BCUT2D eigenvalue weighted by molar-refractivity contribution is -0.154. The summed E-state index contributed by atoms with van der Waals surface area (Å²) in [6.45, 7) is 14.3. The van der Waals surface area contributed by atoms with Gasteiger partial charge in [0, 0.05) is 12.8 Å². The van der Waals surface area contributed by atoms with Crippen LogP contribution < -0.4 is 0 Å². The van der Waals surface area contributed by atoms with Crippen molar-refractivity contribution in [2.24, 2.45) is 16.7 Å². The molecule has 0 aliphatic heterocycles. The minimum absolute atomic E-state index is 0.0638. The van der Waals surface area contributed by atoms with E-state index in [1.165, 1.54) is 57.8 Å². The van der Waals surface area contributed by atoms with Gasteiger partial charge in [0.2, 0.25) is 0 Å². The maximum Gasteiger partial charge on any atom is 0.311 e. The molecule has 0 heterocycles. The fraction of sp³-hybridized carbons (Fsp3) is 0.886. The molecule has 0 saturated heterocycles. The molecule has 0 aromatic rings. The van der Waals surface area contributed by atoms with Gasteiger partial charge in [-0.25, -0.2) is 0 Å². The van der Waals surface area contributed by atoms with Crippen molar-refractivity contribution in [3.63, 3.8) is 0 Å². The standard InChI is InChI=1S/C44H83NO5/c1-9-11-13-15-17-19-27-36-49-41(47)43(3,4)33-25-21-23-30-39(38-40(46)32-29-35-45(7)8)31-24-22-26-34-44(5,6)42(48)50-37-28-20-18-16-14-12-10-2/h19,27,39H,9-18,20-26,28-38H2,1-8H3/b27-19-. The summed E-state index contributed by atoms with van der Waals surface area (Å²) >= 11 is 0. The lowest BCUT2D eigenvalue weighted by Gasteiger charge is -2.23. The maximum atomic E-state index is 12.9. The third kappa shape index (κ3) is 28.0. The van der Waals surface area contributed by atoms with E-state index in [4.69, 9.17) is 9.47 Å². The SMILES string of the molecule is CCCCCC/C=C\COC(=O)C(C)(C)CCCCCC(CCCCCC(C)(C)C(=O)OCCCCCCCCC)CC(=O)CCCN(C)C. The van der Waals surface area contributed by atoms with Gasteiger partial charge in [-0.3, -0.25) is 14.4 Å². The number of ether oxygens (including phenoxy) is 2. The highest BCUT2D eigenvalue weighted by molar-refractivity contribution is 5.78. The van der Waals surface area contributed by atoms with Crippen molar-refractivity contribution in [1.29, 1.82) is 0 Å². The topological polar surface area (TPSA) is 72.9 Å². The Morgan fingerprint density at radius 3 is 1.66 bits per heavy atom. The number of ketones is 1. The Morgan fingerprint density at radius 1 is 0.600 bits per heavy atom. The van der Waals surface area contributed by atoms with Gasteiger partial charge in [0.15, 0.2) is 0 Å². The average molecular weight is 706 g/mol. The van der Waals surface area contributed by atoms with E-state index in [1.54, 1.807) is 0 Å². The molecule has 0 rings (SSSR count). The van der Waals surface area contributed by atoms with E-state index in [-0.39, 0.29) is 11.9 Å². The third-order valence-corrected chi connectivity index (χ3v) is 10.2. The first kappa shape index (κ1) is 48.3. The zero-order valence-corrected chi connectivity index (χ0v) is 34.5. The van der Waals surface area contributed by atoms with Crippen molar-refractivity contribution in [3.8, 4) is 0 Å². The molecule has 0 aliphatic rings. The molecule has 1 atom stereocenters. The molecule has 0 aliphatic carbocycles. The zero-order chi connectivity index (χ0) is 37.5. The lowest BCUT2D eigenvalue weighted by atomic mass is 9.84. The predicted octanol–water partition coefficient (Wildman–Crippen LogP) is 12.2. The van der Waals surface area contributed by atoms with Crippen molar-refractivity contribution in [2.75, 3.05) is 33.9 Å². The Labute approximate surface area is 310 Å². The molecule has 6 heteroatoms. The zero-order valence-electron chi connectivity index (χ0n) is 34.5. The smallest absolute Gasteiger partial charge is 0.311 e. The Bertz CT molecular complexity index is 878. The fourth-order valence-electron chi connectivity index (χ4n) is 6.54. The largest absolute Gasteiger partial charge is 0.465 e. The second-order valence-corrected chi connectivity index (χ2v) is 16.7. The molecule has 6 nitrogen and oxygen atoms in total. The molecule has 0 amide bonds. The van der Waals surface area contributed by atoms with Crippen molar-refractivity contribution in [2.45, 2.75) is 202 Å². The average Bonchev–Trinajstić information content (AvgIpc) is 3.06. The van der Waals surface area contributed by atoms with Crippen LogP contribution in [0.2, 0.25) is 0 Å². The highest BCUT2D eigenvalue weighted by Crippen LogP contribution is 2.29. The summed E-state index contributed by atoms with van der Waals surface area (Å²) < 4.78 is 11.2. The molecular weight excluding hydrogens is 622 g/mol. The van der Waals surface area contributed by atoms with Crippen LogP contribution in [0.1, 0.15) is 202 Å². The van der Waals surface area contributed by atoms with Gasteiger partial charge in [-0.1, -0.05) is 135 Å². The molecule has 0 N–H and O–H groups in total. The lowest BCUT2D eigenvalue weighted by Crippen LogP contribution is -2.27. The van der Waals surface area contributed by atoms with Gasteiger partial charge in [-0.2, -0.15) is 0 Å². The van der Waals surface area contributed by atoms with Crippen LogP contribution in [0.3, 0.4) is 0 Å². The van der Waals surface area contributed by atoms with Crippen LogP contribution in [0.5, 0.6) is 0 Å². The second kappa shape index (κ2) is 30.9. The summed E-state index contributed by atoms with van der Waals surface area (Å²) in [5, 5.41) is 0. The minimum atomic E-state index is -0.481. The normalized spacial score (nSPS) is 12.9. The first-order chi connectivity index (χ1) is 23.9. The monoisotopic (exact) mass is 706 g/mol. The van der Waals surface area contributed by atoms with Gasteiger partial charge in [0.25, 0.3) is 0 Å². The number of hydrogen-bond donors (Lipinski definition) is 0. The number of carbonyl (C=O) groups is 3. The molecule has 0 spiro atoms. The van der Waals surface area contributed by atoms with Crippen LogP contribution in [0.15, 0.2) is 12.2 Å². The molecule has 0 aromatic heterocycles.